The molecule has 1 N–H and O–H groups in total. The molecule has 0 saturated carbocycles. The molecule has 0 bridgehead atoms. The van der Waals surface area contributed by atoms with E-state index in [0.717, 1.165) is 49.9 Å². The average molecular weight is 413 g/mol. The van der Waals surface area contributed by atoms with Crippen LogP contribution in [-0.4, -0.2) is 62.4 Å². The van der Waals surface area contributed by atoms with E-state index >= 15 is 0 Å². The molecule has 0 unspecified atom stereocenters. The second kappa shape index (κ2) is 8.89. The molecule has 3 aromatic rings. The maximum Gasteiger partial charge on any atom is 0.253 e. The molecule has 3 heterocycles. The van der Waals surface area contributed by atoms with Gasteiger partial charge in [-0.15, -0.1) is 5.10 Å². The van der Waals surface area contributed by atoms with Crippen molar-refractivity contribution in [3.63, 3.8) is 0 Å². The van der Waals surface area contributed by atoms with Crippen LogP contribution >= 0.6 is 11.8 Å². The number of benzene rings is 1. The van der Waals surface area contributed by atoms with Crippen molar-refractivity contribution in [1.29, 1.82) is 0 Å². The summed E-state index contributed by atoms with van der Waals surface area (Å²) in [6.45, 7) is 8.29. The summed E-state index contributed by atoms with van der Waals surface area (Å²) in [6, 6.07) is 9.94. The zero-order valence-electron chi connectivity index (χ0n) is 16.6. The third kappa shape index (κ3) is 5.11. The van der Waals surface area contributed by atoms with E-state index in [9.17, 15) is 4.79 Å². The van der Waals surface area contributed by atoms with Crippen molar-refractivity contribution in [2.75, 3.05) is 37.4 Å². The Hall–Kier alpha value is -2.49. The Kier molecular flexibility index (Phi) is 6.08. The van der Waals surface area contributed by atoms with E-state index in [-0.39, 0.29) is 11.7 Å². The minimum absolute atomic E-state index is 0.0874. The van der Waals surface area contributed by atoms with Gasteiger partial charge in [0.15, 0.2) is 0 Å². The van der Waals surface area contributed by atoms with Crippen LogP contribution in [0.15, 0.2) is 35.5 Å². The molecule has 1 fully saturated rings. The quantitative estimate of drug-likeness (QED) is 0.622. The van der Waals surface area contributed by atoms with Crippen LogP contribution < -0.4 is 5.32 Å². The Morgan fingerprint density at radius 3 is 2.69 bits per heavy atom. The van der Waals surface area contributed by atoms with Crippen molar-refractivity contribution < 1.29 is 9.53 Å². The maximum atomic E-state index is 12.3. The van der Waals surface area contributed by atoms with Crippen LogP contribution in [-0.2, 0) is 16.1 Å². The number of amides is 1. The first-order valence-electron chi connectivity index (χ1n) is 9.59. The van der Waals surface area contributed by atoms with E-state index in [1.54, 1.807) is 4.52 Å². The lowest BCUT2D eigenvalue weighted by molar-refractivity contribution is -0.113. The fraction of sp³-hybridized carbons (Fsp3) is 0.400. The van der Waals surface area contributed by atoms with Gasteiger partial charge in [-0.2, -0.15) is 4.98 Å². The molecule has 0 atom stereocenters. The van der Waals surface area contributed by atoms with Gasteiger partial charge in [0.1, 0.15) is 0 Å². The highest BCUT2D eigenvalue weighted by Gasteiger charge is 2.12. The van der Waals surface area contributed by atoms with E-state index in [4.69, 9.17) is 4.74 Å². The molecule has 1 aliphatic rings. The molecule has 9 heteroatoms. The second-order valence-corrected chi connectivity index (χ2v) is 8.01. The van der Waals surface area contributed by atoms with Gasteiger partial charge < -0.3 is 10.1 Å². The fourth-order valence-corrected chi connectivity index (χ4v) is 3.87. The van der Waals surface area contributed by atoms with Gasteiger partial charge in [-0.05, 0) is 37.6 Å². The first kappa shape index (κ1) is 19.8. The minimum atomic E-state index is -0.0874. The van der Waals surface area contributed by atoms with Crippen molar-refractivity contribution in [2.24, 2.45) is 0 Å². The number of fused-ring (bicyclic) bond motifs is 1. The first-order chi connectivity index (χ1) is 14.1. The number of carbonyl (C=O) groups is 1. The maximum absolute atomic E-state index is 12.3. The Morgan fingerprint density at radius 2 is 1.93 bits per heavy atom. The van der Waals surface area contributed by atoms with E-state index in [1.807, 2.05) is 32.0 Å². The van der Waals surface area contributed by atoms with Crippen molar-refractivity contribution in [2.45, 2.75) is 25.5 Å². The van der Waals surface area contributed by atoms with Crippen LogP contribution in [0.1, 0.15) is 17.0 Å². The van der Waals surface area contributed by atoms with Crippen LogP contribution in [0.25, 0.3) is 5.78 Å². The third-order valence-corrected chi connectivity index (χ3v) is 5.52. The minimum Gasteiger partial charge on any atom is -0.379 e. The molecule has 1 aromatic carbocycles. The Balaban J connectivity index is 1.30. The number of morpholine rings is 1. The molecule has 1 saturated heterocycles. The zero-order chi connectivity index (χ0) is 20.2. The molecule has 2 aromatic heterocycles. The van der Waals surface area contributed by atoms with Crippen molar-refractivity contribution in [1.82, 2.24) is 24.5 Å². The van der Waals surface area contributed by atoms with Gasteiger partial charge in [0.25, 0.3) is 5.78 Å². The summed E-state index contributed by atoms with van der Waals surface area (Å²) < 4.78 is 7.07. The Labute approximate surface area is 173 Å². The van der Waals surface area contributed by atoms with Gasteiger partial charge in [-0.1, -0.05) is 23.9 Å². The zero-order valence-corrected chi connectivity index (χ0v) is 17.4. The number of nitrogens with zero attached hydrogens (tertiary/aromatic N) is 5. The molecule has 152 valence electrons. The van der Waals surface area contributed by atoms with Gasteiger partial charge in [-0.3, -0.25) is 9.69 Å². The molecule has 1 amide bonds. The number of aromatic nitrogens is 4. The number of thioether (sulfide) groups is 1. The molecule has 4 rings (SSSR count). The standard InChI is InChI=1S/C20H24N6O2S/c1-14-11-15(2)26-19(21-14)23-20(24-26)29-13-18(27)22-17-5-3-16(4-6-17)12-25-7-9-28-10-8-25/h3-6,11H,7-10,12-13H2,1-2H3,(H,22,27). The highest BCUT2D eigenvalue weighted by atomic mass is 32.2. The number of rotatable bonds is 6. The summed E-state index contributed by atoms with van der Waals surface area (Å²) in [4.78, 5) is 23.4. The number of nitrogens with one attached hydrogen (secondary N) is 1. The van der Waals surface area contributed by atoms with Crippen molar-refractivity contribution in [3.05, 3.63) is 47.3 Å². The molecule has 29 heavy (non-hydrogen) atoms. The largest absolute Gasteiger partial charge is 0.379 e. The lowest BCUT2D eigenvalue weighted by Crippen LogP contribution is -2.35. The van der Waals surface area contributed by atoms with E-state index < -0.39 is 0 Å². The van der Waals surface area contributed by atoms with E-state index in [1.165, 1.54) is 17.3 Å². The topological polar surface area (TPSA) is 84.7 Å². The molecule has 8 nitrogen and oxygen atoms in total. The van der Waals surface area contributed by atoms with Crippen molar-refractivity contribution in [3.8, 4) is 0 Å². The number of carbonyl (C=O) groups excluding carboxylic acids is 1. The highest BCUT2D eigenvalue weighted by molar-refractivity contribution is 7.99. The van der Waals surface area contributed by atoms with Gasteiger partial charge >= 0.3 is 0 Å². The predicted octanol–water partition coefficient (Wildman–Crippen LogP) is 2.30. The van der Waals surface area contributed by atoms with Crippen LogP contribution in [0.3, 0.4) is 0 Å². The second-order valence-electron chi connectivity index (χ2n) is 7.07. The van der Waals surface area contributed by atoms with Gasteiger partial charge in [0.05, 0.1) is 19.0 Å². The summed E-state index contributed by atoms with van der Waals surface area (Å²) in [5.74, 6) is 0.710. The van der Waals surface area contributed by atoms with Crippen LogP contribution in [0, 0.1) is 13.8 Å². The first-order valence-corrected chi connectivity index (χ1v) is 10.6. The summed E-state index contributed by atoms with van der Waals surface area (Å²) in [5.41, 5.74) is 3.88. The summed E-state index contributed by atoms with van der Waals surface area (Å²) in [5, 5.41) is 7.88. The molecule has 0 spiro atoms. The molecule has 0 radical (unpaired) electrons. The third-order valence-electron chi connectivity index (χ3n) is 4.68. The monoisotopic (exact) mass is 412 g/mol. The molecule has 1 aliphatic heterocycles. The lowest BCUT2D eigenvalue weighted by atomic mass is 10.2. The summed E-state index contributed by atoms with van der Waals surface area (Å²) in [7, 11) is 0. The van der Waals surface area contributed by atoms with E-state index in [0.29, 0.717) is 10.9 Å². The highest BCUT2D eigenvalue weighted by Crippen LogP contribution is 2.17. The molecular weight excluding hydrogens is 388 g/mol. The van der Waals surface area contributed by atoms with Crippen molar-refractivity contribution >= 4 is 29.1 Å². The molecule has 0 aliphatic carbocycles. The predicted molar refractivity (Wildman–Crippen MR) is 112 cm³/mol. The van der Waals surface area contributed by atoms with Gasteiger partial charge in [0.2, 0.25) is 11.1 Å². The smallest absolute Gasteiger partial charge is 0.253 e. The number of hydrogen-bond donors (Lipinski definition) is 1. The SMILES string of the molecule is Cc1cc(C)n2nc(SCC(=O)Nc3ccc(CN4CCOCC4)cc3)nc2n1. The Morgan fingerprint density at radius 1 is 1.17 bits per heavy atom. The number of anilines is 1. The normalized spacial score (nSPS) is 15.0. The summed E-state index contributed by atoms with van der Waals surface area (Å²) >= 11 is 1.30. The van der Waals surface area contributed by atoms with Gasteiger partial charge in [0, 0.05) is 36.7 Å². The van der Waals surface area contributed by atoms with Gasteiger partial charge in [-0.25, -0.2) is 9.50 Å². The fourth-order valence-electron chi connectivity index (χ4n) is 3.25. The number of hydrogen-bond acceptors (Lipinski definition) is 7. The van der Waals surface area contributed by atoms with Crippen LogP contribution in [0.4, 0.5) is 5.69 Å². The average Bonchev–Trinajstić information content (AvgIpc) is 3.12. The number of aryl methyl sites for hydroxylation is 2. The van der Waals surface area contributed by atoms with Crippen LogP contribution in [0.2, 0.25) is 0 Å². The number of ether oxygens (including phenoxy) is 1. The lowest BCUT2D eigenvalue weighted by Gasteiger charge is -2.26. The Bertz CT molecular complexity index is 998. The van der Waals surface area contributed by atoms with E-state index in [2.05, 4.69) is 37.4 Å². The van der Waals surface area contributed by atoms with Crippen LogP contribution in [0.5, 0.6) is 0 Å². The summed E-state index contributed by atoms with van der Waals surface area (Å²) in [6.07, 6.45) is 0. The molecular formula is C20H24N6O2S.